The van der Waals surface area contributed by atoms with Gasteiger partial charge in [-0.2, -0.15) is 5.10 Å². The predicted octanol–water partition coefficient (Wildman–Crippen LogP) is 3.32. The van der Waals surface area contributed by atoms with Crippen molar-refractivity contribution in [3.8, 4) is 11.3 Å². The van der Waals surface area contributed by atoms with Crippen molar-refractivity contribution in [3.05, 3.63) is 54.0 Å². The maximum Gasteiger partial charge on any atom is 0.317 e. The van der Waals surface area contributed by atoms with Crippen LogP contribution in [0.1, 0.15) is 18.4 Å². The molecule has 5 nitrogen and oxygen atoms in total. The number of urea groups is 1. The first-order valence-corrected chi connectivity index (χ1v) is 8.66. The fourth-order valence-electron chi connectivity index (χ4n) is 3.77. The third-order valence-corrected chi connectivity index (χ3v) is 5.19. The molecule has 0 spiro atoms. The van der Waals surface area contributed by atoms with Gasteiger partial charge < -0.3 is 10.2 Å². The summed E-state index contributed by atoms with van der Waals surface area (Å²) in [6, 6.07) is 6.20. The number of carbonyl (C=O) groups excluding carboxylic acids is 1. The number of amides is 2. The third kappa shape index (κ3) is 3.29. The second-order valence-corrected chi connectivity index (χ2v) is 6.80. The lowest BCUT2D eigenvalue weighted by Gasteiger charge is -2.17. The van der Waals surface area contributed by atoms with Gasteiger partial charge in [0.25, 0.3) is 0 Å². The van der Waals surface area contributed by atoms with Crippen LogP contribution in [0.15, 0.2) is 42.6 Å². The molecule has 2 aliphatic rings. The van der Waals surface area contributed by atoms with Crippen molar-refractivity contribution < 1.29 is 9.18 Å². The van der Waals surface area contributed by atoms with Crippen LogP contribution in [0.4, 0.5) is 9.18 Å². The molecule has 2 amide bonds. The van der Waals surface area contributed by atoms with Crippen LogP contribution in [0.3, 0.4) is 0 Å². The SMILES string of the molecule is O=C(NCc1cn[nH]c1-c1ccc(F)cc1)N1C[C@H]2CC=CC[C@H]2C1. The van der Waals surface area contributed by atoms with E-state index in [4.69, 9.17) is 0 Å². The fraction of sp³-hybridized carbons (Fsp3) is 0.368. The molecular formula is C19H21FN4O. The highest BCUT2D eigenvalue weighted by Crippen LogP contribution is 2.32. The van der Waals surface area contributed by atoms with E-state index >= 15 is 0 Å². The van der Waals surface area contributed by atoms with Gasteiger partial charge in [-0.05, 0) is 48.9 Å². The van der Waals surface area contributed by atoms with Crippen molar-refractivity contribution in [2.45, 2.75) is 19.4 Å². The summed E-state index contributed by atoms with van der Waals surface area (Å²) >= 11 is 0. The van der Waals surface area contributed by atoms with Gasteiger partial charge in [-0.3, -0.25) is 5.10 Å². The van der Waals surface area contributed by atoms with Crippen LogP contribution in [0, 0.1) is 17.7 Å². The Morgan fingerprint density at radius 3 is 2.56 bits per heavy atom. The number of hydrogen-bond donors (Lipinski definition) is 2. The van der Waals surface area contributed by atoms with Gasteiger partial charge in [0.1, 0.15) is 5.82 Å². The predicted molar refractivity (Wildman–Crippen MR) is 93.1 cm³/mol. The summed E-state index contributed by atoms with van der Waals surface area (Å²) in [5.74, 6) is 0.919. The van der Waals surface area contributed by atoms with Crippen molar-refractivity contribution in [1.82, 2.24) is 20.4 Å². The summed E-state index contributed by atoms with van der Waals surface area (Å²) in [7, 11) is 0. The minimum Gasteiger partial charge on any atom is -0.334 e. The Balaban J connectivity index is 1.38. The van der Waals surface area contributed by atoms with E-state index in [-0.39, 0.29) is 11.8 Å². The molecule has 0 radical (unpaired) electrons. The average molecular weight is 340 g/mol. The first kappa shape index (κ1) is 15.9. The largest absolute Gasteiger partial charge is 0.334 e. The fourth-order valence-corrected chi connectivity index (χ4v) is 3.77. The Kier molecular flexibility index (Phi) is 4.26. The normalized spacial score (nSPS) is 22.0. The van der Waals surface area contributed by atoms with Crippen LogP contribution in [-0.4, -0.2) is 34.2 Å². The molecule has 2 N–H and O–H groups in total. The molecule has 1 saturated heterocycles. The number of allylic oxidation sites excluding steroid dienone is 2. The number of benzene rings is 1. The first-order chi connectivity index (χ1) is 12.2. The molecule has 1 aromatic carbocycles. The van der Waals surface area contributed by atoms with E-state index in [2.05, 4.69) is 27.7 Å². The van der Waals surface area contributed by atoms with Crippen molar-refractivity contribution in [1.29, 1.82) is 0 Å². The summed E-state index contributed by atoms with van der Waals surface area (Å²) in [6.45, 7) is 2.06. The van der Waals surface area contributed by atoms with Crippen LogP contribution in [0.5, 0.6) is 0 Å². The molecule has 130 valence electrons. The highest BCUT2D eigenvalue weighted by Gasteiger charge is 2.34. The zero-order valence-electron chi connectivity index (χ0n) is 13.9. The number of H-pyrrole nitrogens is 1. The summed E-state index contributed by atoms with van der Waals surface area (Å²) in [6.07, 6.45) is 8.30. The first-order valence-electron chi connectivity index (χ1n) is 8.66. The molecule has 1 aliphatic heterocycles. The molecule has 1 aliphatic carbocycles. The summed E-state index contributed by atoms with van der Waals surface area (Å²) in [5, 5.41) is 9.98. The Labute approximate surface area is 145 Å². The van der Waals surface area contributed by atoms with Crippen molar-refractivity contribution in [2.75, 3.05) is 13.1 Å². The van der Waals surface area contributed by atoms with Crippen molar-refractivity contribution in [2.24, 2.45) is 11.8 Å². The van der Waals surface area contributed by atoms with Crippen LogP contribution in [-0.2, 0) is 6.54 Å². The number of aromatic nitrogens is 2. The summed E-state index contributed by atoms with van der Waals surface area (Å²) in [4.78, 5) is 14.4. The van der Waals surface area contributed by atoms with Crippen molar-refractivity contribution in [3.63, 3.8) is 0 Å². The van der Waals surface area contributed by atoms with Gasteiger partial charge in [0.2, 0.25) is 0 Å². The molecule has 6 heteroatoms. The van der Waals surface area contributed by atoms with E-state index in [1.807, 2.05) is 4.90 Å². The van der Waals surface area contributed by atoms with Gasteiger partial charge in [0.15, 0.2) is 0 Å². The topological polar surface area (TPSA) is 61.0 Å². The molecule has 25 heavy (non-hydrogen) atoms. The molecule has 2 aromatic rings. The smallest absolute Gasteiger partial charge is 0.317 e. The van der Waals surface area contributed by atoms with Crippen molar-refractivity contribution >= 4 is 6.03 Å². The summed E-state index contributed by atoms with van der Waals surface area (Å²) < 4.78 is 13.1. The van der Waals surface area contributed by atoms with E-state index in [0.29, 0.717) is 18.4 Å². The van der Waals surface area contributed by atoms with E-state index in [1.165, 1.54) is 12.1 Å². The Morgan fingerprint density at radius 1 is 1.20 bits per heavy atom. The number of carbonyl (C=O) groups is 1. The minimum absolute atomic E-state index is 0.0272. The molecule has 0 bridgehead atoms. The second-order valence-electron chi connectivity index (χ2n) is 6.80. The van der Waals surface area contributed by atoms with Crippen LogP contribution >= 0.6 is 0 Å². The second kappa shape index (κ2) is 6.70. The number of fused-ring (bicyclic) bond motifs is 1. The number of nitrogens with zero attached hydrogens (tertiary/aromatic N) is 2. The van der Waals surface area contributed by atoms with Crippen LogP contribution in [0.25, 0.3) is 11.3 Å². The van der Waals surface area contributed by atoms with E-state index in [0.717, 1.165) is 42.8 Å². The Morgan fingerprint density at radius 2 is 1.88 bits per heavy atom. The number of halogens is 1. The van der Waals surface area contributed by atoms with Gasteiger partial charge in [0.05, 0.1) is 11.9 Å². The minimum atomic E-state index is -0.275. The highest BCUT2D eigenvalue weighted by atomic mass is 19.1. The number of aromatic amines is 1. The molecule has 4 rings (SSSR count). The van der Waals surface area contributed by atoms with Gasteiger partial charge >= 0.3 is 6.03 Å². The zero-order valence-corrected chi connectivity index (χ0v) is 13.9. The van der Waals surface area contributed by atoms with Gasteiger partial charge in [-0.15, -0.1) is 0 Å². The monoisotopic (exact) mass is 340 g/mol. The third-order valence-electron chi connectivity index (χ3n) is 5.19. The molecule has 1 aromatic heterocycles. The number of rotatable bonds is 3. The quantitative estimate of drug-likeness (QED) is 0.842. The molecule has 2 heterocycles. The number of nitrogens with one attached hydrogen (secondary N) is 2. The molecule has 2 atom stereocenters. The molecule has 1 fully saturated rings. The lowest BCUT2D eigenvalue weighted by molar-refractivity contribution is 0.206. The maximum absolute atomic E-state index is 13.1. The molecule has 0 unspecified atom stereocenters. The molecule has 0 saturated carbocycles. The lowest BCUT2D eigenvalue weighted by atomic mass is 9.86. The number of likely N-dealkylation sites (tertiary alicyclic amines) is 1. The van der Waals surface area contributed by atoms with Crippen LogP contribution < -0.4 is 5.32 Å². The Hall–Kier alpha value is -2.63. The van der Waals surface area contributed by atoms with Crippen LogP contribution in [0.2, 0.25) is 0 Å². The lowest BCUT2D eigenvalue weighted by Crippen LogP contribution is -2.38. The molecular weight excluding hydrogens is 319 g/mol. The Bertz CT molecular complexity index is 767. The standard InChI is InChI=1S/C19H21FN4O/c20-17-7-5-13(6-8-17)18-16(10-22-23-18)9-21-19(25)24-11-14-3-1-2-4-15(14)12-24/h1-2,5-8,10,14-15H,3-4,9,11-12H2,(H,21,25)(H,22,23)/t14-,15+. The highest BCUT2D eigenvalue weighted by molar-refractivity contribution is 5.75. The van der Waals surface area contributed by atoms with E-state index in [9.17, 15) is 9.18 Å². The summed E-state index contributed by atoms with van der Waals surface area (Å²) in [5.41, 5.74) is 2.54. The van der Waals surface area contributed by atoms with Gasteiger partial charge in [-0.1, -0.05) is 12.2 Å². The maximum atomic E-state index is 13.1. The zero-order chi connectivity index (χ0) is 17.2. The van der Waals surface area contributed by atoms with Gasteiger partial charge in [-0.25, -0.2) is 9.18 Å². The van der Waals surface area contributed by atoms with Gasteiger partial charge in [0, 0.05) is 30.8 Å². The van der Waals surface area contributed by atoms with E-state index in [1.54, 1.807) is 18.3 Å². The number of hydrogen-bond acceptors (Lipinski definition) is 2. The van der Waals surface area contributed by atoms with E-state index < -0.39 is 0 Å². The average Bonchev–Trinajstić information content (AvgIpc) is 3.27.